The Morgan fingerprint density at radius 3 is 2.23 bits per heavy atom. The van der Waals surface area contributed by atoms with Crippen LogP contribution in [0, 0.1) is 24.0 Å². The summed E-state index contributed by atoms with van der Waals surface area (Å²) < 4.78 is 7.16. The van der Waals surface area contributed by atoms with Gasteiger partial charge in [0.25, 0.3) is 16.8 Å². The van der Waals surface area contributed by atoms with Gasteiger partial charge in [-0.2, -0.15) is 0 Å². The normalized spacial score (nSPS) is 13.9. The molecule has 0 saturated carbocycles. The van der Waals surface area contributed by atoms with Crippen molar-refractivity contribution in [2.45, 2.75) is 23.6 Å². The van der Waals surface area contributed by atoms with Crippen molar-refractivity contribution in [2.24, 2.45) is 0 Å². The maximum absolute atomic E-state index is 13.1. The lowest BCUT2D eigenvalue weighted by Crippen LogP contribution is -2.36. The Morgan fingerprint density at radius 2 is 1.63 bits per heavy atom. The number of aryl methyl sites for hydroxylation is 1. The second kappa shape index (κ2) is 12.6. The second-order valence-corrected chi connectivity index (χ2v) is 11.7. The minimum absolute atomic E-state index is 0.0500. The summed E-state index contributed by atoms with van der Waals surface area (Å²) in [6.45, 7) is 3.50. The maximum atomic E-state index is 13.1. The lowest BCUT2D eigenvalue weighted by atomic mass is 10.2. The number of benzene rings is 3. The number of nitro benzene ring substituents is 1. The molecule has 2 heterocycles. The average Bonchev–Trinajstić information content (AvgIpc) is 3.42. The Balaban J connectivity index is 1.27. The third-order valence-corrected chi connectivity index (χ3v) is 8.61. The second-order valence-electron chi connectivity index (χ2n) is 9.55. The van der Waals surface area contributed by atoms with Gasteiger partial charge in [0.2, 0.25) is 5.91 Å². The summed E-state index contributed by atoms with van der Waals surface area (Å²) in [4.78, 5) is 51.8. The van der Waals surface area contributed by atoms with Crippen LogP contribution in [0.3, 0.4) is 0 Å². The Labute approximate surface area is 255 Å². The Hall–Kier alpha value is -4.81. The van der Waals surface area contributed by atoms with Crippen LogP contribution in [0.5, 0.6) is 5.75 Å². The topological polar surface area (TPSA) is 124 Å². The molecule has 10 nitrogen and oxygen atoms in total. The highest BCUT2D eigenvalue weighted by molar-refractivity contribution is 8.18. The maximum Gasteiger partial charge on any atom is 0.294 e. The van der Waals surface area contributed by atoms with E-state index in [0.717, 1.165) is 49.1 Å². The van der Waals surface area contributed by atoms with E-state index in [4.69, 9.17) is 4.74 Å². The van der Waals surface area contributed by atoms with E-state index in [0.29, 0.717) is 11.4 Å². The minimum atomic E-state index is -0.516. The predicted molar refractivity (Wildman–Crippen MR) is 167 cm³/mol. The summed E-state index contributed by atoms with van der Waals surface area (Å²) in [7, 11) is 1.54. The number of carbonyl (C=O) groups excluding carboxylic acids is 3. The number of thioether (sulfide) groups is 1. The molecule has 0 unspecified atom stereocenters. The number of imide groups is 1. The fourth-order valence-corrected chi connectivity index (χ4v) is 6.21. The van der Waals surface area contributed by atoms with Crippen LogP contribution < -0.4 is 10.1 Å². The molecule has 1 saturated heterocycles. The molecule has 0 bridgehead atoms. The Bertz CT molecular complexity index is 1750. The molecule has 1 aromatic heterocycles. The first-order valence-electron chi connectivity index (χ1n) is 13.0. The van der Waals surface area contributed by atoms with Crippen LogP contribution in [0.2, 0.25) is 0 Å². The zero-order valence-corrected chi connectivity index (χ0v) is 25.0. The summed E-state index contributed by atoms with van der Waals surface area (Å²) >= 11 is 2.31. The van der Waals surface area contributed by atoms with Crippen LogP contribution in [-0.2, 0) is 9.59 Å². The summed E-state index contributed by atoms with van der Waals surface area (Å²) in [5, 5.41) is 13.1. The van der Waals surface area contributed by atoms with E-state index in [-0.39, 0.29) is 10.6 Å². The van der Waals surface area contributed by atoms with Crippen molar-refractivity contribution >= 4 is 58.0 Å². The number of amides is 3. The molecule has 0 atom stereocenters. The number of rotatable bonds is 9. The van der Waals surface area contributed by atoms with Crippen LogP contribution in [0.15, 0.2) is 93.6 Å². The molecule has 1 aliphatic rings. The van der Waals surface area contributed by atoms with Crippen molar-refractivity contribution in [3.05, 3.63) is 111 Å². The van der Waals surface area contributed by atoms with Crippen molar-refractivity contribution in [3.8, 4) is 11.4 Å². The van der Waals surface area contributed by atoms with Crippen LogP contribution in [0.4, 0.5) is 16.2 Å². The number of nitro groups is 1. The van der Waals surface area contributed by atoms with Gasteiger partial charge in [0, 0.05) is 44.7 Å². The number of nitrogens with one attached hydrogen (secondary N) is 1. The number of carbonyl (C=O) groups is 3. The molecule has 1 N–H and O–H groups in total. The summed E-state index contributed by atoms with van der Waals surface area (Å²) in [6.07, 6.45) is 1.68. The first-order chi connectivity index (χ1) is 20.6. The van der Waals surface area contributed by atoms with Crippen molar-refractivity contribution in [1.29, 1.82) is 0 Å². The molecule has 0 spiro atoms. The SMILES string of the molecule is COc1ccc(NC(=O)CN2C(=O)S/C(=C/c3cc(C)n(-c4ccc(Sc5ccc([N+](=O)[O-])cc5)cc4)c3C)C2=O)cc1. The van der Waals surface area contributed by atoms with Gasteiger partial charge in [-0.05, 0) is 104 Å². The molecule has 3 aromatic carbocycles. The van der Waals surface area contributed by atoms with Gasteiger partial charge in [-0.1, -0.05) is 11.8 Å². The quantitative estimate of drug-likeness (QED) is 0.124. The fraction of sp³-hybridized carbons (Fsp3) is 0.129. The summed E-state index contributed by atoms with van der Waals surface area (Å²) in [5.41, 5.74) is 4.11. The zero-order chi connectivity index (χ0) is 30.7. The molecule has 4 aromatic rings. The zero-order valence-electron chi connectivity index (χ0n) is 23.4. The first kappa shape index (κ1) is 29.7. The lowest BCUT2D eigenvalue weighted by molar-refractivity contribution is -0.384. The molecule has 12 heteroatoms. The van der Waals surface area contributed by atoms with Gasteiger partial charge in [-0.3, -0.25) is 29.4 Å². The lowest BCUT2D eigenvalue weighted by Gasteiger charge is -2.12. The van der Waals surface area contributed by atoms with Gasteiger partial charge in [0.15, 0.2) is 0 Å². The number of aromatic nitrogens is 1. The van der Waals surface area contributed by atoms with Gasteiger partial charge < -0.3 is 14.6 Å². The standard InChI is InChI=1S/C31H26N4O6S2/c1-19-16-21(17-28-30(37)33(31(38)43-28)18-29(36)32-22-4-10-25(41-3)11-5-22)20(2)34(19)23-6-12-26(13-7-23)42-27-14-8-24(9-15-27)35(39)40/h4-17H,18H2,1-3H3,(H,32,36)/b28-17+. The Morgan fingerprint density at radius 1 is 1.00 bits per heavy atom. The number of hydrogen-bond donors (Lipinski definition) is 1. The van der Waals surface area contributed by atoms with Crippen molar-refractivity contribution in [3.63, 3.8) is 0 Å². The van der Waals surface area contributed by atoms with Crippen LogP contribution in [-0.4, -0.2) is 45.1 Å². The molecule has 1 fully saturated rings. The molecule has 0 radical (unpaired) electrons. The molecule has 43 heavy (non-hydrogen) atoms. The van der Waals surface area contributed by atoms with E-state index in [2.05, 4.69) is 9.88 Å². The van der Waals surface area contributed by atoms with Gasteiger partial charge in [0.05, 0.1) is 16.9 Å². The average molecular weight is 615 g/mol. The van der Waals surface area contributed by atoms with Crippen LogP contribution in [0.1, 0.15) is 17.0 Å². The van der Waals surface area contributed by atoms with E-state index in [1.807, 2.05) is 44.2 Å². The Kier molecular flexibility index (Phi) is 8.69. The molecular formula is C31H26N4O6S2. The van der Waals surface area contributed by atoms with E-state index in [9.17, 15) is 24.5 Å². The number of hydrogen-bond acceptors (Lipinski definition) is 8. The minimum Gasteiger partial charge on any atom is -0.497 e. The monoisotopic (exact) mass is 614 g/mol. The van der Waals surface area contributed by atoms with E-state index in [1.54, 1.807) is 49.6 Å². The molecule has 5 rings (SSSR count). The number of non-ortho nitro benzene ring substituents is 1. The highest BCUT2D eigenvalue weighted by atomic mass is 32.2. The summed E-state index contributed by atoms with van der Waals surface area (Å²) in [6, 6.07) is 23.0. The van der Waals surface area contributed by atoms with Crippen molar-refractivity contribution in [2.75, 3.05) is 19.0 Å². The third-order valence-electron chi connectivity index (χ3n) is 6.68. The van der Waals surface area contributed by atoms with Gasteiger partial charge in [-0.15, -0.1) is 0 Å². The number of methoxy groups -OCH3 is 1. The van der Waals surface area contributed by atoms with E-state index in [1.165, 1.54) is 23.9 Å². The first-order valence-corrected chi connectivity index (χ1v) is 14.7. The van der Waals surface area contributed by atoms with Crippen LogP contribution in [0.25, 0.3) is 11.8 Å². The third kappa shape index (κ3) is 6.65. The molecular weight excluding hydrogens is 588 g/mol. The largest absolute Gasteiger partial charge is 0.497 e. The van der Waals surface area contributed by atoms with Gasteiger partial charge in [-0.25, -0.2) is 0 Å². The highest BCUT2D eigenvalue weighted by Crippen LogP contribution is 2.34. The van der Waals surface area contributed by atoms with Crippen molar-refractivity contribution < 1.29 is 24.0 Å². The van der Waals surface area contributed by atoms with E-state index < -0.39 is 28.5 Å². The van der Waals surface area contributed by atoms with Crippen LogP contribution >= 0.6 is 23.5 Å². The van der Waals surface area contributed by atoms with E-state index >= 15 is 0 Å². The van der Waals surface area contributed by atoms with Gasteiger partial charge >= 0.3 is 0 Å². The highest BCUT2D eigenvalue weighted by Gasteiger charge is 2.36. The number of nitrogens with zero attached hydrogens (tertiary/aromatic N) is 3. The number of anilines is 1. The summed E-state index contributed by atoms with van der Waals surface area (Å²) in [5.74, 6) is -0.358. The molecule has 0 aliphatic carbocycles. The fourth-order valence-electron chi connectivity index (χ4n) is 4.56. The van der Waals surface area contributed by atoms with Gasteiger partial charge in [0.1, 0.15) is 12.3 Å². The number of ether oxygens (including phenoxy) is 1. The molecule has 1 aliphatic heterocycles. The predicted octanol–water partition coefficient (Wildman–Crippen LogP) is 6.84. The smallest absolute Gasteiger partial charge is 0.294 e. The van der Waals surface area contributed by atoms with Crippen molar-refractivity contribution in [1.82, 2.24) is 9.47 Å². The molecule has 3 amide bonds. The molecule has 218 valence electrons.